The number of hydrogen-bond donors (Lipinski definition) is 1. The fourth-order valence-corrected chi connectivity index (χ4v) is 0.749. The van der Waals surface area contributed by atoms with Crippen LogP contribution in [-0.2, 0) is 17.4 Å². The van der Waals surface area contributed by atoms with Gasteiger partial charge in [-0.05, 0) is 17.7 Å². The summed E-state index contributed by atoms with van der Waals surface area (Å²) in [5, 5.41) is 18.7. The van der Waals surface area contributed by atoms with Gasteiger partial charge in [0, 0.05) is 17.4 Å². The fourth-order valence-electron chi connectivity index (χ4n) is 0.749. The first-order chi connectivity index (χ1) is 5.61. The van der Waals surface area contributed by atoms with Crippen LogP contribution in [-0.4, -0.2) is 17.0 Å². The molecule has 1 aromatic rings. The summed E-state index contributed by atoms with van der Waals surface area (Å²) >= 11 is 0. The van der Waals surface area contributed by atoms with E-state index in [0.717, 1.165) is 0 Å². The molecule has 0 unspecified atom stereocenters. The molecule has 0 amide bonds. The van der Waals surface area contributed by atoms with Crippen molar-refractivity contribution in [1.29, 1.82) is 0 Å². The monoisotopic (exact) mass is 233 g/mol. The maximum Gasteiger partial charge on any atom is 0.335 e. The van der Waals surface area contributed by atoms with E-state index in [1.165, 1.54) is 24.3 Å². The third-order valence-corrected chi connectivity index (χ3v) is 1.37. The average molecular weight is 233 g/mol. The molecule has 0 aliphatic heterocycles. The Morgan fingerprint density at radius 1 is 1.07 bits per heavy atom. The Bertz CT molecular complexity index is 285. The molecule has 76 valence electrons. The molecular weight excluding hydrogens is 224 g/mol. The zero-order valence-electron chi connectivity index (χ0n) is 6.39. The molecule has 0 bridgehead atoms. The second-order valence-electron chi connectivity index (χ2n) is 2.17. The summed E-state index contributed by atoms with van der Waals surface area (Å²) < 4.78 is 0. The summed E-state index contributed by atoms with van der Waals surface area (Å²) in [7, 11) is 0. The predicted octanol–water partition coefficient (Wildman–Crippen LogP) is 0.382. The van der Waals surface area contributed by atoms with E-state index in [1.54, 1.807) is 0 Å². The van der Waals surface area contributed by atoms with Crippen LogP contribution in [0, 0.1) is 0 Å². The molecule has 4 nitrogen and oxygen atoms in total. The molecule has 5 heteroatoms. The van der Waals surface area contributed by atoms with Crippen molar-refractivity contribution in [2.75, 3.05) is 0 Å². The van der Waals surface area contributed by atoms with Gasteiger partial charge in [-0.3, -0.25) is 0 Å². The number of carbonyl (C=O) groups excluding carboxylic acids is 1. The number of carboxylic acid groups (broad SMARTS) is 2. The summed E-state index contributed by atoms with van der Waals surface area (Å²) in [5.41, 5.74) is 0.0278. The van der Waals surface area contributed by atoms with Crippen molar-refractivity contribution < 1.29 is 37.2 Å². The van der Waals surface area contributed by atoms with E-state index >= 15 is 0 Å². The van der Waals surface area contributed by atoms with Gasteiger partial charge in [-0.15, -0.1) is 0 Å². The maximum absolute atomic E-state index is 10.3. The molecule has 0 radical (unpaired) electrons. The van der Waals surface area contributed by atoms with Crippen molar-refractivity contribution >= 4 is 11.9 Å². The van der Waals surface area contributed by atoms with Gasteiger partial charge in [0.25, 0.3) is 0 Å². The van der Waals surface area contributed by atoms with Crippen LogP contribution in [0.2, 0.25) is 0 Å². The number of benzene rings is 1. The molecule has 1 aromatic carbocycles. The third-order valence-electron chi connectivity index (χ3n) is 1.37. The third kappa shape index (κ3) is 3.61. The van der Waals surface area contributed by atoms with E-state index in [1.807, 2.05) is 0 Å². The molecule has 0 saturated heterocycles. The molecule has 1 rings (SSSR count). The minimum Gasteiger partial charge on any atom is -0.545 e. The SMILES string of the molecule is C.O=C([O-])c1ccc(C(=O)O)cc1.[Cr]. The molecule has 0 saturated carbocycles. The largest absolute Gasteiger partial charge is 0.545 e. The van der Waals surface area contributed by atoms with Gasteiger partial charge in [-0.2, -0.15) is 0 Å². The first kappa shape index (κ1) is 15.2. The predicted molar refractivity (Wildman–Crippen MR) is 44.5 cm³/mol. The van der Waals surface area contributed by atoms with Crippen molar-refractivity contribution in [2.45, 2.75) is 7.43 Å². The van der Waals surface area contributed by atoms with Crippen molar-refractivity contribution in [2.24, 2.45) is 0 Å². The van der Waals surface area contributed by atoms with Crippen LogP contribution in [0.3, 0.4) is 0 Å². The van der Waals surface area contributed by atoms with Gasteiger partial charge in [0.2, 0.25) is 0 Å². The second kappa shape index (κ2) is 6.19. The van der Waals surface area contributed by atoms with E-state index in [9.17, 15) is 14.7 Å². The minimum absolute atomic E-state index is 0. The van der Waals surface area contributed by atoms with E-state index in [-0.39, 0.29) is 35.9 Å². The van der Waals surface area contributed by atoms with Crippen LogP contribution >= 0.6 is 0 Å². The van der Waals surface area contributed by atoms with E-state index in [2.05, 4.69) is 0 Å². The van der Waals surface area contributed by atoms with Crippen LogP contribution in [0.4, 0.5) is 0 Å². The van der Waals surface area contributed by atoms with Crippen LogP contribution in [0.1, 0.15) is 28.1 Å². The fraction of sp³-hybridized carbons (Fsp3) is 0.111. The van der Waals surface area contributed by atoms with Gasteiger partial charge in [0.1, 0.15) is 0 Å². The van der Waals surface area contributed by atoms with Gasteiger partial charge < -0.3 is 15.0 Å². The van der Waals surface area contributed by atoms with Gasteiger partial charge in [0.05, 0.1) is 11.5 Å². The number of carboxylic acids is 2. The van der Waals surface area contributed by atoms with Gasteiger partial charge in [-0.25, -0.2) is 4.79 Å². The zero-order chi connectivity index (χ0) is 9.14. The van der Waals surface area contributed by atoms with Gasteiger partial charge in [-0.1, -0.05) is 19.6 Å². The maximum atomic E-state index is 10.3. The smallest absolute Gasteiger partial charge is 0.335 e. The molecule has 0 aromatic heterocycles. The van der Waals surface area contributed by atoms with Gasteiger partial charge in [0.15, 0.2) is 0 Å². The number of rotatable bonds is 2. The van der Waals surface area contributed by atoms with E-state index in [4.69, 9.17) is 5.11 Å². The summed E-state index contributed by atoms with van der Waals surface area (Å²) in [5.74, 6) is -2.40. The van der Waals surface area contributed by atoms with Crippen LogP contribution < -0.4 is 5.11 Å². The normalized spacial score (nSPS) is 8.00. The molecule has 0 fully saturated rings. The Hall–Kier alpha value is -1.31. The number of carbonyl (C=O) groups is 2. The Balaban J connectivity index is 0. The Morgan fingerprint density at radius 3 is 1.71 bits per heavy atom. The second-order valence-corrected chi connectivity index (χ2v) is 2.17. The molecule has 0 spiro atoms. The molecule has 0 aliphatic carbocycles. The summed E-state index contributed by atoms with van der Waals surface area (Å²) in [6.45, 7) is 0. The minimum atomic E-state index is -1.31. The Morgan fingerprint density at radius 2 is 1.43 bits per heavy atom. The van der Waals surface area contributed by atoms with Crippen molar-refractivity contribution in [3.63, 3.8) is 0 Å². The van der Waals surface area contributed by atoms with Crippen molar-refractivity contribution in [1.82, 2.24) is 0 Å². The molecule has 14 heavy (non-hydrogen) atoms. The average Bonchev–Trinajstić information content (AvgIpc) is 2.04. The Labute approximate surface area is 92.3 Å². The van der Waals surface area contributed by atoms with Gasteiger partial charge >= 0.3 is 5.97 Å². The topological polar surface area (TPSA) is 77.4 Å². The summed E-state index contributed by atoms with van der Waals surface area (Å²) in [6, 6.07) is 4.82. The summed E-state index contributed by atoms with van der Waals surface area (Å²) in [4.78, 5) is 20.5. The first-order valence-corrected chi connectivity index (χ1v) is 3.16. The molecular formula is C9H9CrO4-. The van der Waals surface area contributed by atoms with Crippen molar-refractivity contribution in [3.8, 4) is 0 Å². The molecule has 0 aliphatic rings. The number of hydrogen-bond acceptors (Lipinski definition) is 3. The van der Waals surface area contributed by atoms with Crippen LogP contribution in [0.25, 0.3) is 0 Å². The van der Waals surface area contributed by atoms with Crippen molar-refractivity contribution in [3.05, 3.63) is 35.4 Å². The quantitative estimate of drug-likeness (QED) is 0.801. The van der Waals surface area contributed by atoms with E-state index in [0.29, 0.717) is 0 Å². The van der Waals surface area contributed by atoms with Crippen LogP contribution in [0.15, 0.2) is 24.3 Å². The Kier molecular flexibility index (Phi) is 6.71. The zero-order valence-corrected chi connectivity index (χ0v) is 7.66. The molecule has 0 atom stereocenters. The van der Waals surface area contributed by atoms with E-state index < -0.39 is 11.9 Å². The summed E-state index contributed by atoms with van der Waals surface area (Å²) in [6.07, 6.45) is 0. The molecule has 0 heterocycles. The first-order valence-electron chi connectivity index (χ1n) is 3.16. The molecule has 1 N–H and O–H groups in total. The standard InChI is InChI=1S/C8H6O4.CH4.Cr/c9-7(10)5-1-2-6(4-3-5)8(11)12;;/h1-4H,(H,9,10)(H,11,12);1H4;/p-1. The number of aromatic carboxylic acids is 2. The van der Waals surface area contributed by atoms with Crippen LogP contribution in [0.5, 0.6) is 0 Å².